The van der Waals surface area contributed by atoms with Crippen LogP contribution in [-0.4, -0.2) is 17.4 Å². The number of hydrogen-bond donors (Lipinski definition) is 1. The van der Waals surface area contributed by atoms with Gasteiger partial charge in [-0.05, 0) is 46.1 Å². The predicted octanol–water partition coefficient (Wildman–Crippen LogP) is 3.94. The smallest absolute Gasteiger partial charge is 0.271 e. The van der Waals surface area contributed by atoms with Crippen LogP contribution >= 0.6 is 15.9 Å². The first-order chi connectivity index (χ1) is 11.0. The average molecular weight is 379 g/mol. The molecular weight excluding hydrogens is 364 g/mol. The molecule has 0 aliphatic carbocycles. The summed E-state index contributed by atoms with van der Waals surface area (Å²) in [4.78, 5) is 22.2. The molecule has 0 aromatic heterocycles. The second kappa shape index (κ2) is 7.73. The first kappa shape index (κ1) is 17.0. The summed E-state index contributed by atoms with van der Waals surface area (Å²) in [6.45, 7) is 1.88. The van der Waals surface area contributed by atoms with Crippen LogP contribution in [0.15, 0.2) is 46.9 Å². The second-order valence-corrected chi connectivity index (χ2v) is 5.61. The minimum Gasteiger partial charge on any atom is -0.484 e. The molecule has 0 saturated heterocycles. The Morgan fingerprint density at radius 3 is 2.57 bits per heavy atom. The van der Waals surface area contributed by atoms with Crippen LogP contribution in [0.1, 0.15) is 12.5 Å². The Morgan fingerprint density at radius 2 is 1.96 bits per heavy atom. The summed E-state index contributed by atoms with van der Waals surface area (Å²) in [7, 11) is 0. The van der Waals surface area contributed by atoms with E-state index >= 15 is 0 Å². The fourth-order valence-electron chi connectivity index (χ4n) is 1.88. The van der Waals surface area contributed by atoms with Gasteiger partial charge in [0, 0.05) is 16.6 Å². The van der Waals surface area contributed by atoms with Gasteiger partial charge in [0.15, 0.2) is 6.61 Å². The number of nitrogens with one attached hydrogen (secondary N) is 1. The van der Waals surface area contributed by atoms with Gasteiger partial charge in [-0.1, -0.05) is 19.1 Å². The maximum atomic E-state index is 11.9. The van der Waals surface area contributed by atoms with Crippen LogP contribution in [0.2, 0.25) is 0 Å². The Bertz CT molecular complexity index is 717. The SMILES string of the molecule is CCc1ccc(OCC(=O)Nc2cc([N+](=O)[O-])ccc2Br)cc1. The highest BCUT2D eigenvalue weighted by Gasteiger charge is 2.12. The molecule has 2 aromatic rings. The summed E-state index contributed by atoms with van der Waals surface area (Å²) in [5.74, 6) is 0.196. The zero-order valence-electron chi connectivity index (χ0n) is 12.4. The van der Waals surface area contributed by atoms with Crippen molar-refractivity contribution in [3.63, 3.8) is 0 Å². The van der Waals surface area contributed by atoms with Gasteiger partial charge in [-0.15, -0.1) is 0 Å². The van der Waals surface area contributed by atoms with Crippen molar-refractivity contribution in [1.29, 1.82) is 0 Å². The summed E-state index contributed by atoms with van der Waals surface area (Å²) in [6, 6.07) is 11.6. The van der Waals surface area contributed by atoms with E-state index in [0.29, 0.717) is 15.9 Å². The molecule has 0 aliphatic rings. The number of anilines is 1. The molecule has 0 unspecified atom stereocenters. The summed E-state index contributed by atoms with van der Waals surface area (Å²) in [5, 5.41) is 13.3. The largest absolute Gasteiger partial charge is 0.484 e. The Hall–Kier alpha value is -2.41. The van der Waals surface area contributed by atoms with E-state index < -0.39 is 10.8 Å². The summed E-state index contributed by atoms with van der Waals surface area (Å²) < 4.78 is 5.95. The third-order valence-electron chi connectivity index (χ3n) is 3.14. The number of ether oxygens (including phenoxy) is 1. The predicted molar refractivity (Wildman–Crippen MR) is 90.7 cm³/mol. The molecule has 2 aromatic carbocycles. The molecule has 1 N–H and O–H groups in total. The molecule has 0 radical (unpaired) electrons. The summed E-state index contributed by atoms with van der Waals surface area (Å²) in [6.07, 6.45) is 0.932. The maximum Gasteiger partial charge on any atom is 0.271 e. The van der Waals surface area contributed by atoms with E-state index in [1.807, 2.05) is 12.1 Å². The van der Waals surface area contributed by atoms with Crippen LogP contribution in [0.4, 0.5) is 11.4 Å². The van der Waals surface area contributed by atoms with Gasteiger partial charge in [-0.2, -0.15) is 0 Å². The normalized spacial score (nSPS) is 10.2. The van der Waals surface area contributed by atoms with E-state index in [4.69, 9.17) is 4.74 Å². The van der Waals surface area contributed by atoms with Crippen molar-refractivity contribution in [2.45, 2.75) is 13.3 Å². The van der Waals surface area contributed by atoms with Crippen molar-refractivity contribution in [3.05, 3.63) is 62.6 Å². The van der Waals surface area contributed by atoms with Crippen molar-refractivity contribution in [2.75, 3.05) is 11.9 Å². The molecule has 1 amide bonds. The third-order valence-corrected chi connectivity index (χ3v) is 3.83. The van der Waals surface area contributed by atoms with Gasteiger partial charge in [0.25, 0.3) is 11.6 Å². The molecular formula is C16H15BrN2O4. The monoisotopic (exact) mass is 378 g/mol. The van der Waals surface area contributed by atoms with Crippen LogP contribution in [-0.2, 0) is 11.2 Å². The van der Waals surface area contributed by atoms with Crippen molar-refractivity contribution in [3.8, 4) is 5.75 Å². The highest BCUT2D eigenvalue weighted by molar-refractivity contribution is 9.10. The van der Waals surface area contributed by atoms with Gasteiger partial charge in [-0.25, -0.2) is 0 Å². The number of nitro benzene ring substituents is 1. The van der Waals surface area contributed by atoms with Gasteiger partial charge in [0.1, 0.15) is 5.75 Å². The van der Waals surface area contributed by atoms with E-state index in [9.17, 15) is 14.9 Å². The molecule has 0 aliphatic heterocycles. The molecule has 23 heavy (non-hydrogen) atoms. The molecule has 2 rings (SSSR count). The van der Waals surface area contributed by atoms with Gasteiger partial charge in [0.2, 0.25) is 0 Å². The van der Waals surface area contributed by atoms with Crippen LogP contribution in [0, 0.1) is 10.1 Å². The first-order valence-corrected chi connectivity index (χ1v) is 7.74. The van der Waals surface area contributed by atoms with Crippen molar-refractivity contribution in [1.82, 2.24) is 0 Å². The summed E-state index contributed by atoms with van der Waals surface area (Å²) in [5.41, 5.74) is 1.41. The van der Waals surface area contributed by atoms with Gasteiger partial charge in [0.05, 0.1) is 10.6 Å². The molecule has 0 bridgehead atoms. The highest BCUT2D eigenvalue weighted by Crippen LogP contribution is 2.27. The lowest BCUT2D eigenvalue weighted by atomic mass is 10.2. The van der Waals surface area contributed by atoms with Crippen molar-refractivity contribution in [2.24, 2.45) is 0 Å². The number of nitro groups is 1. The molecule has 0 atom stereocenters. The number of benzene rings is 2. The number of aryl methyl sites for hydroxylation is 1. The van der Waals surface area contributed by atoms with Crippen LogP contribution in [0.25, 0.3) is 0 Å². The summed E-state index contributed by atoms with van der Waals surface area (Å²) >= 11 is 3.24. The number of carbonyl (C=O) groups is 1. The molecule has 6 nitrogen and oxygen atoms in total. The van der Waals surface area contributed by atoms with Gasteiger partial charge in [-0.3, -0.25) is 14.9 Å². The minimum atomic E-state index is -0.520. The molecule has 0 heterocycles. The number of nitrogens with zero attached hydrogens (tertiary/aromatic N) is 1. The van der Waals surface area contributed by atoms with Gasteiger partial charge >= 0.3 is 0 Å². The number of amides is 1. The number of carbonyl (C=O) groups excluding carboxylic acids is 1. The van der Waals surface area contributed by atoms with E-state index in [1.165, 1.54) is 23.8 Å². The highest BCUT2D eigenvalue weighted by atomic mass is 79.9. The van der Waals surface area contributed by atoms with E-state index in [0.717, 1.165) is 6.42 Å². The van der Waals surface area contributed by atoms with E-state index in [1.54, 1.807) is 12.1 Å². The number of rotatable bonds is 6. The number of hydrogen-bond acceptors (Lipinski definition) is 4. The van der Waals surface area contributed by atoms with Crippen LogP contribution in [0.5, 0.6) is 5.75 Å². The third kappa shape index (κ3) is 4.79. The topological polar surface area (TPSA) is 81.5 Å². The zero-order valence-corrected chi connectivity index (χ0v) is 14.0. The molecule has 0 spiro atoms. The number of non-ortho nitro benzene ring substituents is 1. The fourth-order valence-corrected chi connectivity index (χ4v) is 2.22. The van der Waals surface area contributed by atoms with Crippen molar-refractivity contribution >= 4 is 33.2 Å². The molecule has 0 saturated carbocycles. The standard InChI is InChI=1S/C16H15BrN2O4/c1-2-11-3-6-13(7-4-11)23-10-16(20)18-15-9-12(19(21)22)5-8-14(15)17/h3-9H,2,10H2,1H3,(H,18,20). The lowest BCUT2D eigenvalue weighted by molar-refractivity contribution is -0.384. The fraction of sp³-hybridized carbons (Fsp3) is 0.188. The van der Waals surface area contributed by atoms with Crippen molar-refractivity contribution < 1.29 is 14.5 Å². The lowest BCUT2D eigenvalue weighted by Crippen LogP contribution is -2.20. The Kier molecular flexibility index (Phi) is 5.70. The minimum absolute atomic E-state index is 0.0976. The Balaban J connectivity index is 1.96. The van der Waals surface area contributed by atoms with E-state index in [-0.39, 0.29) is 12.3 Å². The Labute approximate surface area is 141 Å². The quantitative estimate of drug-likeness (QED) is 0.609. The molecule has 7 heteroatoms. The lowest BCUT2D eigenvalue weighted by Gasteiger charge is -2.09. The van der Waals surface area contributed by atoms with Gasteiger partial charge < -0.3 is 10.1 Å². The maximum absolute atomic E-state index is 11.9. The average Bonchev–Trinajstić information content (AvgIpc) is 2.55. The zero-order chi connectivity index (χ0) is 16.8. The van der Waals surface area contributed by atoms with Crippen LogP contribution in [0.3, 0.4) is 0 Å². The van der Waals surface area contributed by atoms with Crippen LogP contribution < -0.4 is 10.1 Å². The Morgan fingerprint density at radius 1 is 1.26 bits per heavy atom. The number of halogens is 1. The van der Waals surface area contributed by atoms with E-state index in [2.05, 4.69) is 28.2 Å². The first-order valence-electron chi connectivity index (χ1n) is 6.95. The molecule has 120 valence electrons. The molecule has 0 fully saturated rings. The second-order valence-electron chi connectivity index (χ2n) is 4.76.